The quantitative estimate of drug-likeness (QED) is 0.0486. The predicted molar refractivity (Wildman–Crippen MR) is 341 cm³/mol. The SMILES string of the molecule is CCCCCCCCCCCCNC(CC)(C(=O)N1CCN(CCN(CCCCCCCCCCCC)CCCCCCCCCCCC)CC1)N(CCCCCCCCCCCC)CCCCCCCCCCCC. The van der Waals surface area contributed by atoms with Gasteiger partial charge in [-0.2, -0.15) is 0 Å². The summed E-state index contributed by atoms with van der Waals surface area (Å²) in [6.45, 7) is 25.7. The van der Waals surface area contributed by atoms with Crippen LogP contribution in [-0.2, 0) is 4.79 Å². The second-order valence-electron chi connectivity index (χ2n) is 25.0. The molecule has 1 aliphatic heterocycles. The summed E-state index contributed by atoms with van der Waals surface area (Å²) in [6.07, 6.45) is 69.8. The van der Waals surface area contributed by atoms with Crippen LogP contribution in [0.25, 0.3) is 0 Å². The third-order valence-corrected chi connectivity index (χ3v) is 18.0. The molecular formula is C70H143N5O. The van der Waals surface area contributed by atoms with Crippen LogP contribution in [0.4, 0.5) is 0 Å². The number of hydrogen-bond donors (Lipinski definition) is 1. The van der Waals surface area contributed by atoms with Crippen LogP contribution < -0.4 is 5.32 Å². The first-order valence-electron chi connectivity index (χ1n) is 35.8. The molecule has 1 atom stereocenters. The summed E-state index contributed by atoms with van der Waals surface area (Å²) in [4.78, 5) is 26.1. The second kappa shape index (κ2) is 57.5. The molecule has 0 bridgehead atoms. The standard InChI is InChI=1S/C70H143N5O/c1-7-13-18-23-28-33-38-43-48-53-58-71-70(12-6,75(61-56-51-46-41-36-31-26-21-16-10-4)62-57-52-47-42-37-32-27-22-17-11-5)69(76)74-67-65-73(66-68-74)64-63-72(59-54-49-44-39-34-29-24-19-14-8-2)60-55-50-45-40-35-30-25-20-15-9-3/h71H,7-68H2,1-6H3. The van der Waals surface area contributed by atoms with E-state index in [2.05, 4.69) is 66.5 Å². The first-order chi connectivity index (χ1) is 37.5. The van der Waals surface area contributed by atoms with Gasteiger partial charge in [0.15, 0.2) is 5.66 Å². The number of carbonyl (C=O) groups excluding carboxylic acids is 1. The van der Waals surface area contributed by atoms with Crippen LogP contribution in [0.1, 0.15) is 369 Å². The summed E-state index contributed by atoms with van der Waals surface area (Å²) in [5.74, 6) is 0.393. The van der Waals surface area contributed by atoms with Gasteiger partial charge in [0.1, 0.15) is 0 Å². The van der Waals surface area contributed by atoms with Crippen molar-refractivity contribution in [3.8, 4) is 0 Å². The molecule has 1 fully saturated rings. The molecule has 0 spiro atoms. The van der Waals surface area contributed by atoms with Gasteiger partial charge in [-0.05, 0) is 58.2 Å². The highest BCUT2D eigenvalue weighted by atomic mass is 16.2. The molecular weight excluding hydrogens is 927 g/mol. The summed E-state index contributed by atoms with van der Waals surface area (Å²) in [7, 11) is 0. The van der Waals surface area contributed by atoms with Gasteiger partial charge in [-0.3, -0.25) is 19.9 Å². The van der Waals surface area contributed by atoms with Gasteiger partial charge < -0.3 is 9.80 Å². The van der Waals surface area contributed by atoms with E-state index >= 15 is 4.79 Å². The zero-order valence-electron chi connectivity index (χ0n) is 53.5. The van der Waals surface area contributed by atoms with E-state index in [1.54, 1.807) is 0 Å². The molecule has 1 heterocycles. The molecule has 1 amide bonds. The predicted octanol–water partition coefficient (Wildman–Crippen LogP) is 21.0. The second-order valence-corrected chi connectivity index (χ2v) is 25.0. The minimum absolute atomic E-state index is 0.393. The van der Waals surface area contributed by atoms with Gasteiger partial charge in [0, 0.05) is 52.4 Å². The average Bonchev–Trinajstić information content (AvgIpc) is 3.44. The van der Waals surface area contributed by atoms with Crippen molar-refractivity contribution in [1.82, 2.24) is 24.9 Å². The van der Waals surface area contributed by atoms with Crippen molar-refractivity contribution >= 4 is 5.91 Å². The van der Waals surface area contributed by atoms with E-state index in [4.69, 9.17) is 0 Å². The van der Waals surface area contributed by atoms with Crippen LogP contribution in [0.5, 0.6) is 0 Å². The fraction of sp³-hybridized carbons (Fsp3) is 0.986. The van der Waals surface area contributed by atoms with Gasteiger partial charge >= 0.3 is 0 Å². The van der Waals surface area contributed by atoms with Crippen molar-refractivity contribution in [2.45, 2.75) is 375 Å². The van der Waals surface area contributed by atoms with Crippen molar-refractivity contribution in [2.24, 2.45) is 0 Å². The Morgan fingerprint density at radius 3 is 0.882 bits per heavy atom. The van der Waals surface area contributed by atoms with E-state index in [1.807, 2.05) is 0 Å². The lowest BCUT2D eigenvalue weighted by molar-refractivity contribution is -0.150. The Balaban J connectivity index is 3.02. The molecule has 1 aliphatic rings. The average molecular weight is 1070 g/mol. The van der Waals surface area contributed by atoms with Gasteiger partial charge in [0.2, 0.25) is 0 Å². The maximum absolute atomic E-state index is 15.5. The first-order valence-corrected chi connectivity index (χ1v) is 35.8. The van der Waals surface area contributed by atoms with Crippen molar-refractivity contribution in [2.75, 3.05) is 72.0 Å². The van der Waals surface area contributed by atoms with Crippen molar-refractivity contribution < 1.29 is 4.79 Å². The Bertz CT molecular complexity index is 1100. The van der Waals surface area contributed by atoms with E-state index < -0.39 is 5.66 Å². The third-order valence-electron chi connectivity index (χ3n) is 18.0. The molecule has 0 aromatic carbocycles. The fourth-order valence-electron chi connectivity index (χ4n) is 12.5. The van der Waals surface area contributed by atoms with Crippen LogP contribution >= 0.6 is 0 Å². The van der Waals surface area contributed by atoms with Crippen molar-refractivity contribution in [3.63, 3.8) is 0 Å². The molecule has 76 heavy (non-hydrogen) atoms. The number of carbonyl (C=O) groups is 1. The maximum Gasteiger partial charge on any atom is 0.258 e. The largest absolute Gasteiger partial charge is 0.337 e. The topological polar surface area (TPSA) is 42.1 Å². The van der Waals surface area contributed by atoms with Crippen LogP contribution in [-0.4, -0.2) is 103 Å². The third kappa shape index (κ3) is 42.2. The number of amides is 1. The Morgan fingerprint density at radius 1 is 0.329 bits per heavy atom. The normalized spacial score (nSPS) is 14.2. The van der Waals surface area contributed by atoms with E-state index in [9.17, 15) is 0 Å². The van der Waals surface area contributed by atoms with Crippen molar-refractivity contribution in [3.05, 3.63) is 0 Å². The summed E-state index contributed by atoms with van der Waals surface area (Å²) in [5.41, 5.74) is -0.596. The molecule has 6 heteroatoms. The monoisotopic (exact) mass is 1070 g/mol. The van der Waals surface area contributed by atoms with Crippen LogP contribution in [0, 0.1) is 0 Å². The summed E-state index contributed by atoms with van der Waals surface area (Å²) >= 11 is 0. The van der Waals surface area contributed by atoms with Crippen LogP contribution in [0.3, 0.4) is 0 Å². The molecule has 1 rings (SSSR count). The number of rotatable bonds is 62. The maximum atomic E-state index is 15.5. The molecule has 0 radical (unpaired) electrons. The number of unbranched alkanes of at least 4 members (excludes halogenated alkanes) is 45. The Labute approximate surface area is 480 Å². The molecule has 0 aromatic rings. The van der Waals surface area contributed by atoms with E-state index in [-0.39, 0.29) is 0 Å². The minimum Gasteiger partial charge on any atom is -0.337 e. The zero-order chi connectivity index (χ0) is 54.9. The highest BCUT2D eigenvalue weighted by Gasteiger charge is 2.44. The number of piperazine rings is 1. The molecule has 1 saturated heterocycles. The number of hydrogen-bond acceptors (Lipinski definition) is 5. The lowest BCUT2D eigenvalue weighted by Crippen LogP contribution is -2.69. The molecule has 1 N–H and O–H groups in total. The van der Waals surface area contributed by atoms with Gasteiger partial charge in [-0.1, -0.05) is 330 Å². The number of nitrogens with zero attached hydrogens (tertiary/aromatic N) is 4. The molecule has 0 aromatic heterocycles. The molecule has 1 unspecified atom stereocenters. The fourth-order valence-corrected chi connectivity index (χ4v) is 12.5. The lowest BCUT2D eigenvalue weighted by atomic mass is 9.98. The summed E-state index contributed by atoms with van der Waals surface area (Å²) < 4.78 is 0. The molecule has 0 aliphatic carbocycles. The minimum atomic E-state index is -0.596. The van der Waals surface area contributed by atoms with Crippen LogP contribution in [0.15, 0.2) is 0 Å². The summed E-state index contributed by atoms with van der Waals surface area (Å²) in [5, 5.41) is 4.13. The van der Waals surface area contributed by atoms with Gasteiger partial charge in [0.05, 0.1) is 0 Å². The van der Waals surface area contributed by atoms with E-state index in [1.165, 1.54) is 341 Å². The van der Waals surface area contributed by atoms with E-state index in [0.29, 0.717) is 5.91 Å². The smallest absolute Gasteiger partial charge is 0.258 e. The highest BCUT2D eigenvalue weighted by molar-refractivity contribution is 5.86. The Hall–Kier alpha value is -0.690. The molecule has 454 valence electrons. The van der Waals surface area contributed by atoms with Gasteiger partial charge in [-0.15, -0.1) is 0 Å². The Morgan fingerprint density at radius 2 is 0.592 bits per heavy atom. The first kappa shape index (κ1) is 73.3. The van der Waals surface area contributed by atoms with Crippen LogP contribution in [0.2, 0.25) is 0 Å². The van der Waals surface area contributed by atoms with Crippen molar-refractivity contribution in [1.29, 1.82) is 0 Å². The van der Waals surface area contributed by atoms with Gasteiger partial charge in [-0.25, -0.2) is 0 Å². The van der Waals surface area contributed by atoms with Gasteiger partial charge in [0.25, 0.3) is 5.91 Å². The van der Waals surface area contributed by atoms with E-state index in [0.717, 1.165) is 58.8 Å². The highest BCUT2D eigenvalue weighted by Crippen LogP contribution is 2.26. The lowest BCUT2D eigenvalue weighted by Gasteiger charge is -2.47. The number of nitrogens with one attached hydrogen (secondary N) is 1. The zero-order valence-corrected chi connectivity index (χ0v) is 53.5. The summed E-state index contributed by atoms with van der Waals surface area (Å²) in [6, 6.07) is 0. The Kier molecular flexibility index (Phi) is 55.5. The molecule has 6 nitrogen and oxygen atoms in total. The molecule has 0 saturated carbocycles.